The highest BCUT2D eigenvalue weighted by molar-refractivity contribution is 7.09. The van der Waals surface area contributed by atoms with E-state index in [1.807, 2.05) is 12.3 Å². The van der Waals surface area contributed by atoms with E-state index in [2.05, 4.69) is 4.98 Å². The van der Waals surface area contributed by atoms with E-state index in [1.54, 1.807) is 0 Å². The molecule has 0 fully saturated rings. The minimum Gasteiger partial charge on any atom is -0.294 e. The first-order valence-corrected chi connectivity index (χ1v) is 5.83. The molecular formula is C12H9F2NOS. The third kappa shape index (κ3) is 2.74. The Morgan fingerprint density at radius 3 is 2.76 bits per heavy atom. The van der Waals surface area contributed by atoms with Gasteiger partial charge in [-0.1, -0.05) is 0 Å². The molecule has 0 aliphatic heterocycles. The molecule has 0 bridgehead atoms. The summed E-state index contributed by atoms with van der Waals surface area (Å²) in [6.07, 6.45) is 0.0427. The third-order valence-corrected chi connectivity index (χ3v) is 3.18. The van der Waals surface area contributed by atoms with Gasteiger partial charge >= 0.3 is 0 Å². The topological polar surface area (TPSA) is 30.0 Å². The zero-order valence-electron chi connectivity index (χ0n) is 9.04. The van der Waals surface area contributed by atoms with Crippen LogP contribution in [0.25, 0.3) is 0 Å². The number of hydrogen-bond donors (Lipinski definition) is 0. The fraction of sp³-hybridized carbons (Fsp3) is 0.167. The summed E-state index contributed by atoms with van der Waals surface area (Å²) in [7, 11) is 0. The number of ketones is 1. The summed E-state index contributed by atoms with van der Waals surface area (Å²) in [5, 5.41) is 2.46. The number of nitrogens with zero attached hydrogens (tertiary/aromatic N) is 1. The number of rotatable bonds is 3. The van der Waals surface area contributed by atoms with Crippen LogP contribution in [0.5, 0.6) is 0 Å². The molecule has 0 saturated carbocycles. The smallest absolute Gasteiger partial charge is 0.172 e. The van der Waals surface area contributed by atoms with Crippen LogP contribution in [0.3, 0.4) is 0 Å². The normalized spacial score (nSPS) is 10.5. The Hall–Kier alpha value is -1.62. The molecule has 1 aromatic heterocycles. The molecule has 0 amide bonds. The first-order chi connectivity index (χ1) is 8.06. The van der Waals surface area contributed by atoms with Gasteiger partial charge in [-0.2, -0.15) is 0 Å². The predicted molar refractivity (Wildman–Crippen MR) is 61.2 cm³/mol. The summed E-state index contributed by atoms with van der Waals surface area (Å²) in [5.41, 5.74) is 0.733. The van der Waals surface area contributed by atoms with Crippen LogP contribution in [-0.4, -0.2) is 10.8 Å². The molecule has 88 valence electrons. The minimum absolute atomic E-state index is 0.0427. The summed E-state index contributed by atoms with van der Waals surface area (Å²) in [6, 6.07) is 2.94. The second-order valence-corrected chi connectivity index (χ2v) is 4.55. The van der Waals surface area contributed by atoms with Gasteiger partial charge in [0, 0.05) is 17.1 Å². The van der Waals surface area contributed by atoms with E-state index in [1.165, 1.54) is 11.3 Å². The van der Waals surface area contributed by atoms with Crippen LogP contribution in [0.15, 0.2) is 23.6 Å². The highest BCUT2D eigenvalue weighted by Crippen LogP contribution is 2.15. The number of benzene rings is 1. The molecule has 0 unspecified atom stereocenters. The largest absolute Gasteiger partial charge is 0.294 e. The number of hydrogen-bond acceptors (Lipinski definition) is 3. The molecule has 0 radical (unpaired) electrons. The Bertz CT molecular complexity index is 565. The van der Waals surface area contributed by atoms with Gasteiger partial charge in [0.25, 0.3) is 0 Å². The van der Waals surface area contributed by atoms with Crippen LogP contribution in [0.1, 0.15) is 21.1 Å². The van der Waals surface area contributed by atoms with E-state index in [9.17, 15) is 13.6 Å². The number of carbonyl (C=O) groups excluding carboxylic acids is 1. The van der Waals surface area contributed by atoms with Gasteiger partial charge in [0.05, 0.1) is 12.0 Å². The van der Waals surface area contributed by atoms with Gasteiger partial charge in [-0.15, -0.1) is 11.3 Å². The Kier molecular flexibility index (Phi) is 3.28. The minimum atomic E-state index is -0.830. The van der Waals surface area contributed by atoms with Gasteiger partial charge in [-0.05, 0) is 19.1 Å². The number of halogens is 2. The van der Waals surface area contributed by atoms with Crippen LogP contribution >= 0.6 is 11.3 Å². The molecule has 1 heterocycles. The SMILES string of the molecule is Cc1csc(CC(=O)c2ccc(F)cc2F)n1. The number of thiazole rings is 1. The van der Waals surface area contributed by atoms with Crippen LogP contribution in [0.2, 0.25) is 0 Å². The lowest BCUT2D eigenvalue weighted by atomic mass is 10.1. The zero-order chi connectivity index (χ0) is 12.4. The van der Waals surface area contributed by atoms with Gasteiger partial charge in [0.2, 0.25) is 0 Å². The summed E-state index contributed by atoms with van der Waals surface area (Å²) in [5.74, 6) is -1.91. The lowest BCUT2D eigenvalue weighted by Crippen LogP contribution is -2.06. The van der Waals surface area contributed by atoms with E-state index >= 15 is 0 Å². The third-order valence-electron chi connectivity index (χ3n) is 2.21. The second kappa shape index (κ2) is 4.71. The molecule has 0 N–H and O–H groups in total. The van der Waals surface area contributed by atoms with E-state index in [0.717, 1.165) is 17.8 Å². The van der Waals surface area contributed by atoms with Gasteiger partial charge < -0.3 is 0 Å². The molecule has 0 atom stereocenters. The van der Waals surface area contributed by atoms with E-state index in [0.29, 0.717) is 11.1 Å². The van der Waals surface area contributed by atoms with Crippen molar-refractivity contribution in [2.24, 2.45) is 0 Å². The maximum atomic E-state index is 13.3. The van der Waals surface area contributed by atoms with Crippen molar-refractivity contribution in [2.75, 3.05) is 0 Å². The first kappa shape index (κ1) is 11.9. The molecule has 5 heteroatoms. The number of Topliss-reactive ketones (excluding diaryl/α,β-unsaturated/α-hetero) is 1. The maximum absolute atomic E-state index is 13.3. The average Bonchev–Trinajstić information content (AvgIpc) is 2.63. The van der Waals surface area contributed by atoms with Crippen molar-refractivity contribution < 1.29 is 13.6 Å². The van der Waals surface area contributed by atoms with Crippen molar-refractivity contribution in [1.29, 1.82) is 0 Å². The average molecular weight is 253 g/mol. The highest BCUT2D eigenvalue weighted by atomic mass is 32.1. The lowest BCUT2D eigenvalue weighted by Gasteiger charge is -2.00. The van der Waals surface area contributed by atoms with E-state index in [-0.39, 0.29) is 12.0 Å². The number of aryl methyl sites for hydroxylation is 1. The molecule has 0 aliphatic carbocycles. The Morgan fingerprint density at radius 1 is 1.41 bits per heavy atom. The van der Waals surface area contributed by atoms with Gasteiger partial charge in [0.1, 0.15) is 16.6 Å². The highest BCUT2D eigenvalue weighted by Gasteiger charge is 2.14. The fourth-order valence-electron chi connectivity index (χ4n) is 1.43. The first-order valence-electron chi connectivity index (χ1n) is 4.95. The monoisotopic (exact) mass is 253 g/mol. The predicted octanol–water partition coefficient (Wildman–Crippen LogP) is 3.16. The van der Waals surface area contributed by atoms with Gasteiger partial charge in [-0.3, -0.25) is 4.79 Å². The number of carbonyl (C=O) groups is 1. The molecule has 17 heavy (non-hydrogen) atoms. The molecule has 2 rings (SSSR count). The molecule has 2 aromatic rings. The fourth-order valence-corrected chi connectivity index (χ4v) is 2.20. The van der Waals surface area contributed by atoms with Crippen LogP contribution in [-0.2, 0) is 6.42 Å². The van der Waals surface area contributed by atoms with E-state index < -0.39 is 17.4 Å². The van der Waals surface area contributed by atoms with Gasteiger partial charge in [0.15, 0.2) is 5.78 Å². The Morgan fingerprint density at radius 2 is 2.18 bits per heavy atom. The van der Waals surface area contributed by atoms with Crippen LogP contribution < -0.4 is 0 Å². The Labute approximate surface area is 101 Å². The molecule has 1 aromatic carbocycles. The standard InChI is InChI=1S/C12H9F2NOS/c1-7-6-17-12(15-7)5-11(16)9-3-2-8(13)4-10(9)14/h2-4,6H,5H2,1H3. The zero-order valence-corrected chi connectivity index (χ0v) is 9.85. The quantitative estimate of drug-likeness (QED) is 0.786. The van der Waals surface area contributed by atoms with Crippen molar-refractivity contribution >= 4 is 17.1 Å². The van der Waals surface area contributed by atoms with Crippen LogP contribution in [0.4, 0.5) is 8.78 Å². The number of aromatic nitrogens is 1. The maximum Gasteiger partial charge on any atom is 0.172 e. The van der Waals surface area contributed by atoms with Crippen molar-refractivity contribution in [2.45, 2.75) is 13.3 Å². The summed E-state index contributed by atoms with van der Waals surface area (Å²) in [4.78, 5) is 15.9. The van der Waals surface area contributed by atoms with Crippen molar-refractivity contribution in [1.82, 2.24) is 4.98 Å². The molecule has 0 spiro atoms. The van der Waals surface area contributed by atoms with Crippen LogP contribution in [0, 0.1) is 18.6 Å². The second-order valence-electron chi connectivity index (χ2n) is 3.61. The molecule has 0 aliphatic rings. The lowest BCUT2D eigenvalue weighted by molar-refractivity contribution is 0.0989. The molecule has 2 nitrogen and oxygen atoms in total. The molecular weight excluding hydrogens is 244 g/mol. The summed E-state index contributed by atoms with van der Waals surface area (Å²) >= 11 is 1.35. The van der Waals surface area contributed by atoms with E-state index in [4.69, 9.17) is 0 Å². The van der Waals surface area contributed by atoms with Crippen molar-refractivity contribution in [3.8, 4) is 0 Å². The summed E-state index contributed by atoms with van der Waals surface area (Å²) in [6.45, 7) is 1.82. The van der Waals surface area contributed by atoms with Crippen molar-refractivity contribution in [3.05, 3.63) is 51.5 Å². The van der Waals surface area contributed by atoms with Crippen molar-refractivity contribution in [3.63, 3.8) is 0 Å². The summed E-state index contributed by atoms with van der Waals surface area (Å²) < 4.78 is 26.0. The Balaban J connectivity index is 2.20. The van der Waals surface area contributed by atoms with Gasteiger partial charge in [-0.25, -0.2) is 13.8 Å². The molecule has 0 saturated heterocycles.